The SMILES string of the molecule is C=CCN(C(=O)OC(C)(C)C)C1(NC(C)=O)c2ccccc2C=CC1Br. The second-order valence-electron chi connectivity index (χ2n) is 7.18. The molecule has 1 aliphatic carbocycles. The van der Waals surface area contributed by atoms with E-state index in [0.29, 0.717) is 0 Å². The van der Waals surface area contributed by atoms with Gasteiger partial charge in [-0.15, -0.1) is 6.58 Å². The number of nitrogens with one attached hydrogen (secondary N) is 1. The van der Waals surface area contributed by atoms with Crippen LogP contribution in [0.1, 0.15) is 38.8 Å². The van der Waals surface area contributed by atoms with Gasteiger partial charge in [0.1, 0.15) is 5.60 Å². The maximum atomic E-state index is 13.0. The minimum Gasteiger partial charge on any atom is -0.444 e. The molecule has 0 aromatic heterocycles. The second kappa shape index (κ2) is 7.66. The van der Waals surface area contributed by atoms with E-state index in [1.165, 1.54) is 11.8 Å². The van der Waals surface area contributed by atoms with Crippen LogP contribution >= 0.6 is 15.9 Å². The van der Waals surface area contributed by atoms with E-state index in [-0.39, 0.29) is 17.3 Å². The maximum absolute atomic E-state index is 13.0. The summed E-state index contributed by atoms with van der Waals surface area (Å²) in [5.41, 5.74) is -0.0603. The zero-order valence-corrected chi connectivity index (χ0v) is 17.2. The van der Waals surface area contributed by atoms with Crippen molar-refractivity contribution in [1.29, 1.82) is 0 Å². The fourth-order valence-electron chi connectivity index (χ4n) is 3.04. The Bertz CT molecular complexity index is 739. The number of carbonyl (C=O) groups is 2. The summed E-state index contributed by atoms with van der Waals surface area (Å²) in [4.78, 5) is 26.3. The van der Waals surface area contributed by atoms with Crippen LogP contribution < -0.4 is 5.32 Å². The topological polar surface area (TPSA) is 58.6 Å². The van der Waals surface area contributed by atoms with Gasteiger partial charge in [-0.3, -0.25) is 9.69 Å². The summed E-state index contributed by atoms with van der Waals surface area (Å²) in [7, 11) is 0. The van der Waals surface area contributed by atoms with Crippen LogP contribution in [0.15, 0.2) is 43.0 Å². The molecule has 1 aliphatic rings. The van der Waals surface area contributed by atoms with Gasteiger partial charge in [0, 0.05) is 19.0 Å². The van der Waals surface area contributed by atoms with Crippen LogP contribution in [0, 0.1) is 0 Å². The predicted molar refractivity (Wildman–Crippen MR) is 107 cm³/mol. The normalized spacial score (nSPS) is 21.5. The standard InChI is InChI=1S/C20H25BrN2O3/c1-6-13-23(18(25)26-19(3,4)5)20(22-14(2)24)16-10-8-7-9-15(16)11-12-17(20)21/h6-12,17H,1,13H2,2-5H3,(H,22,24). The van der Waals surface area contributed by atoms with E-state index < -0.39 is 17.4 Å². The molecule has 0 bridgehead atoms. The molecule has 0 heterocycles. The van der Waals surface area contributed by atoms with E-state index in [1.807, 2.05) is 57.2 Å². The van der Waals surface area contributed by atoms with Crippen LogP contribution in [0.5, 0.6) is 0 Å². The number of ether oxygens (including phenoxy) is 1. The summed E-state index contributed by atoms with van der Waals surface area (Å²) in [5, 5.41) is 2.99. The first kappa shape index (κ1) is 20.2. The van der Waals surface area contributed by atoms with Crippen LogP contribution in [0.4, 0.5) is 4.79 Å². The van der Waals surface area contributed by atoms with Crippen LogP contribution in [-0.4, -0.2) is 33.9 Å². The van der Waals surface area contributed by atoms with Crippen molar-refractivity contribution in [1.82, 2.24) is 10.2 Å². The average molecular weight is 421 g/mol. The zero-order valence-electron chi connectivity index (χ0n) is 15.6. The van der Waals surface area contributed by atoms with E-state index in [0.717, 1.165) is 11.1 Å². The van der Waals surface area contributed by atoms with Crippen molar-refractivity contribution in [3.63, 3.8) is 0 Å². The first-order chi connectivity index (χ1) is 12.1. The summed E-state index contributed by atoms with van der Waals surface area (Å²) in [6.07, 6.45) is 4.98. The lowest BCUT2D eigenvalue weighted by atomic mass is 9.85. The van der Waals surface area contributed by atoms with Gasteiger partial charge >= 0.3 is 6.09 Å². The molecule has 0 saturated heterocycles. The average Bonchev–Trinajstić information content (AvgIpc) is 2.53. The number of nitrogens with zero attached hydrogens (tertiary/aromatic N) is 1. The van der Waals surface area contributed by atoms with E-state index in [1.54, 1.807) is 6.08 Å². The lowest BCUT2D eigenvalue weighted by Gasteiger charge is -2.48. The summed E-state index contributed by atoms with van der Waals surface area (Å²) in [5.74, 6) is -0.253. The highest BCUT2D eigenvalue weighted by atomic mass is 79.9. The summed E-state index contributed by atoms with van der Waals surface area (Å²) in [6, 6.07) is 7.66. The fourth-order valence-corrected chi connectivity index (χ4v) is 3.80. The van der Waals surface area contributed by atoms with Crippen molar-refractivity contribution >= 4 is 34.0 Å². The number of halogens is 1. The zero-order chi connectivity index (χ0) is 19.5. The van der Waals surface area contributed by atoms with E-state index >= 15 is 0 Å². The second-order valence-corrected chi connectivity index (χ2v) is 8.16. The first-order valence-corrected chi connectivity index (χ1v) is 9.35. The molecule has 0 radical (unpaired) electrons. The maximum Gasteiger partial charge on any atom is 0.412 e. The Hall–Kier alpha value is -2.08. The number of carbonyl (C=O) groups excluding carboxylic acids is 2. The molecule has 6 heteroatoms. The third-order valence-electron chi connectivity index (χ3n) is 3.93. The van der Waals surface area contributed by atoms with Crippen molar-refractivity contribution in [3.8, 4) is 0 Å². The highest BCUT2D eigenvalue weighted by molar-refractivity contribution is 9.09. The fraction of sp³-hybridized carbons (Fsp3) is 0.400. The predicted octanol–water partition coefficient (Wildman–Crippen LogP) is 4.19. The lowest BCUT2D eigenvalue weighted by Crippen LogP contribution is -2.65. The van der Waals surface area contributed by atoms with E-state index in [2.05, 4.69) is 27.8 Å². The Morgan fingerprint density at radius 3 is 2.62 bits per heavy atom. The summed E-state index contributed by atoms with van der Waals surface area (Å²) >= 11 is 3.64. The third kappa shape index (κ3) is 4.01. The van der Waals surface area contributed by atoms with Crippen molar-refractivity contribution in [3.05, 3.63) is 54.1 Å². The molecular formula is C20H25BrN2O3. The largest absolute Gasteiger partial charge is 0.444 e. The van der Waals surface area contributed by atoms with E-state index in [4.69, 9.17) is 4.74 Å². The molecule has 140 valence electrons. The van der Waals surface area contributed by atoms with Gasteiger partial charge in [0.05, 0.1) is 4.83 Å². The van der Waals surface area contributed by atoms with E-state index in [9.17, 15) is 9.59 Å². The van der Waals surface area contributed by atoms with Crippen molar-refractivity contribution in [2.24, 2.45) is 0 Å². The van der Waals surface area contributed by atoms with Crippen molar-refractivity contribution < 1.29 is 14.3 Å². The molecule has 26 heavy (non-hydrogen) atoms. The molecule has 2 amide bonds. The molecular weight excluding hydrogens is 396 g/mol. The highest BCUT2D eigenvalue weighted by Gasteiger charge is 2.50. The molecule has 1 N–H and O–H groups in total. The van der Waals surface area contributed by atoms with Gasteiger partial charge in [0.25, 0.3) is 0 Å². The number of rotatable bonds is 4. The van der Waals surface area contributed by atoms with Gasteiger partial charge in [-0.2, -0.15) is 0 Å². The van der Waals surface area contributed by atoms with Crippen LogP contribution in [0.3, 0.4) is 0 Å². The number of benzene rings is 1. The summed E-state index contributed by atoms with van der Waals surface area (Å²) in [6.45, 7) is 10.8. The Morgan fingerprint density at radius 1 is 1.38 bits per heavy atom. The molecule has 0 aliphatic heterocycles. The third-order valence-corrected chi connectivity index (χ3v) is 4.90. The van der Waals surface area contributed by atoms with Crippen molar-refractivity contribution in [2.45, 2.75) is 43.8 Å². The molecule has 2 unspecified atom stereocenters. The number of hydrogen-bond donors (Lipinski definition) is 1. The number of alkyl halides is 1. The smallest absolute Gasteiger partial charge is 0.412 e. The number of hydrogen-bond acceptors (Lipinski definition) is 3. The lowest BCUT2D eigenvalue weighted by molar-refractivity contribution is -0.123. The number of fused-ring (bicyclic) bond motifs is 1. The van der Waals surface area contributed by atoms with Crippen LogP contribution in [-0.2, 0) is 15.2 Å². The van der Waals surface area contributed by atoms with Gasteiger partial charge < -0.3 is 10.1 Å². The minimum atomic E-state index is -1.13. The molecule has 0 fully saturated rings. The first-order valence-electron chi connectivity index (χ1n) is 8.44. The summed E-state index contributed by atoms with van der Waals surface area (Å²) < 4.78 is 5.62. The van der Waals surface area contributed by atoms with Crippen molar-refractivity contribution in [2.75, 3.05) is 6.54 Å². The van der Waals surface area contributed by atoms with Gasteiger partial charge in [-0.1, -0.05) is 58.4 Å². The number of amides is 2. The molecule has 0 saturated carbocycles. The molecule has 2 rings (SSSR count). The molecule has 1 aromatic rings. The quantitative estimate of drug-likeness (QED) is 0.451. The van der Waals surface area contributed by atoms with Gasteiger partial charge in [-0.25, -0.2) is 4.79 Å². The molecule has 5 nitrogen and oxygen atoms in total. The Kier molecular flexibility index (Phi) is 5.96. The van der Waals surface area contributed by atoms with Gasteiger partial charge in [0.15, 0.2) is 5.66 Å². The molecule has 0 spiro atoms. The minimum absolute atomic E-state index is 0.208. The van der Waals surface area contributed by atoms with Crippen LogP contribution in [0.25, 0.3) is 6.08 Å². The Labute approximate surface area is 163 Å². The van der Waals surface area contributed by atoms with Gasteiger partial charge in [0.2, 0.25) is 5.91 Å². The highest BCUT2D eigenvalue weighted by Crippen LogP contribution is 2.41. The van der Waals surface area contributed by atoms with Gasteiger partial charge in [-0.05, 0) is 26.3 Å². The Balaban J connectivity index is 2.66. The molecule has 2 atom stereocenters. The Morgan fingerprint density at radius 2 is 2.04 bits per heavy atom. The monoisotopic (exact) mass is 420 g/mol. The van der Waals surface area contributed by atoms with Crippen LogP contribution in [0.2, 0.25) is 0 Å². The molecule has 1 aromatic carbocycles.